The van der Waals surface area contributed by atoms with Crippen LogP contribution in [0.15, 0.2) is 6.07 Å². The van der Waals surface area contributed by atoms with E-state index in [0.29, 0.717) is 0 Å². The highest BCUT2D eigenvalue weighted by Crippen LogP contribution is 2.22. The van der Waals surface area contributed by atoms with Crippen LogP contribution in [0.5, 0.6) is 0 Å². The molecule has 19 heavy (non-hydrogen) atoms. The van der Waals surface area contributed by atoms with E-state index in [0.717, 1.165) is 0 Å². The molecule has 0 spiro atoms. The van der Waals surface area contributed by atoms with Crippen molar-refractivity contribution in [2.75, 3.05) is 6.54 Å². The summed E-state index contributed by atoms with van der Waals surface area (Å²) in [5, 5.41) is 16.1. The van der Waals surface area contributed by atoms with Crippen molar-refractivity contribution in [2.24, 2.45) is 0 Å². The third-order valence-corrected chi connectivity index (χ3v) is 3.17. The van der Waals surface area contributed by atoms with Crippen LogP contribution in [0.1, 0.15) is 31.1 Å². The molecule has 0 radical (unpaired) electrons. The molecule has 8 heteroatoms. The van der Waals surface area contributed by atoms with Crippen LogP contribution in [-0.4, -0.2) is 44.2 Å². The minimum atomic E-state index is -1.37. The smallest absolute Gasteiger partial charge is 0.329 e. The van der Waals surface area contributed by atoms with Gasteiger partial charge < -0.3 is 10.0 Å². The fraction of sp³-hybridized carbons (Fsp3) is 0.455. The van der Waals surface area contributed by atoms with Crippen LogP contribution in [0.25, 0.3) is 0 Å². The molecule has 0 aliphatic carbocycles. The molecule has 0 fully saturated rings. The topological polar surface area (TPSA) is 83.4 Å². The Bertz CT molecular complexity index is 520. The van der Waals surface area contributed by atoms with Crippen LogP contribution in [0, 0.1) is 0 Å². The van der Waals surface area contributed by atoms with Crippen molar-refractivity contribution in [3.8, 4) is 0 Å². The Kier molecular flexibility index (Phi) is 4.70. The van der Waals surface area contributed by atoms with Crippen LogP contribution in [0.2, 0.25) is 10.3 Å². The number of hydrogen-bond donors (Lipinski definition) is 1. The van der Waals surface area contributed by atoms with Gasteiger partial charge in [-0.1, -0.05) is 23.2 Å². The number of carbonyl (C=O) groups is 2. The molecule has 0 aromatic carbocycles. The maximum absolute atomic E-state index is 12.4. The summed E-state index contributed by atoms with van der Waals surface area (Å²) in [6.07, 6.45) is 0. The molecule has 1 aromatic heterocycles. The summed E-state index contributed by atoms with van der Waals surface area (Å²) in [5.41, 5.74) is -1.34. The Morgan fingerprint density at radius 1 is 1.37 bits per heavy atom. The summed E-state index contributed by atoms with van der Waals surface area (Å²) in [5.74, 6) is -1.68. The maximum atomic E-state index is 12.4. The summed E-state index contributed by atoms with van der Waals surface area (Å²) in [4.78, 5) is 24.8. The Morgan fingerprint density at radius 2 is 1.95 bits per heavy atom. The van der Waals surface area contributed by atoms with Crippen LogP contribution < -0.4 is 0 Å². The zero-order valence-electron chi connectivity index (χ0n) is 10.6. The first kappa shape index (κ1) is 15.7. The quantitative estimate of drug-likeness (QED) is 0.921. The molecule has 1 N–H and O–H groups in total. The lowest BCUT2D eigenvalue weighted by Gasteiger charge is -2.34. The molecule has 0 unspecified atom stereocenters. The first-order valence-corrected chi connectivity index (χ1v) is 6.21. The summed E-state index contributed by atoms with van der Waals surface area (Å²) in [6, 6.07) is 1.26. The number of halogens is 2. The predicted molar refractivity (Wildman–Crippen MR) is 70.5 cm³/mol. The number of carboxylic acids is 1. The van der Waals surface area contributed by atoms with Gasteiger partial charge in [0.1, 0.15) is 5.54 Å². The molecule has 0 saturated carbocycles. The number of aromatic nitrogens is 2. The normalized spacial score (nSPS) is 11.2. The summed E-state index contributed by atoms with van der Waals surface area (Å²) < 4.78 is 0. The molecule has 0 saturated heterocycles. The Labute approximate surface area is 120 Å². The van der Waals surface area contributed by atoms with Gasteiger partial charge >= 0.3 is 5.97 Å². The van der Waals surface area contributed by atoms with E-state index in [2.05, 4.69) is 10.2 Å². The van der Waals surface area contributed by atoms with E-state index >= 15 is 0 Å². The van der Waals surface area contributed by atoms with Gasteiger partial charge in [0.25, 0.3) is 5.91 Å². The first-order chi connectivity index (χ1) is 8.71. The van der Waals surface area contributed by atoms with Gasteiger partial charge in [0.05, 0.1) is 5.56 Å². The molecular weight excluding hydrogens is 293 g/mol. The minimum absolute atomic E-state index is 0.0111. The number of nitrogens with zero attached hydrogens (tertiary/aromatic N) is 3. The largest absolute Gasteiger partial charge is 0.480 e. The summed E-state index contributed by atoms with van der Waals surface area (Å²) in [6.45, 7) is 4.74. The van der Waals surface area contributed by atoms with Crippen molar-refractivity contribution >= 4 is 35.1 Å². The number of rotatable bonds is 4. The van der Waals surface area contributed by atoms with Crippen molar-refractivity contribution in [1.82, 2.24) is 15.1 Å². The van der Waals surface area contributed by atoms with E-state index in [1.165, 1.54) is 24.8 Å². The lowest BCUT2D eigenvalue weighted by Crippen LogP contribution is -2.53. The second-order valence-corrected chi connectivity index (χ2v) is 5.03. The number of carbonyl (C=O) groups excluding carboxylic acids is 1. The number of hydrogen-bond acceptors (Lipinski definition) is 4. The average molecular weight is 306 g/mol. The predicted octanol–water partition coefficient (Wildman–Crippen LogP) is 2.11. The monoisotopic (exact) mass is 305 g/mol. The highest BCUT2D eigenvalue weighted by molar-refractivity contribution is 6.34. The summed E-state index contributed by atoms with van der Waals surface area (Å²) >= 11 is 11.5. The zero-order valence-corrected chi connectivity index (χ0v) is 12.2. The molecule has 6 nitrogen and oxygen atoms in total. The molecule has 0 aliphatic heterocycles. The van der Waals surface area contributed by atoms with Gasteiger partial charge in [-0.2, -0.15) is 0 Å². The van der Waals surface area contributed by atoms with Crippen molar-refractivity contribution < 1.29 is 14.7 Å². The molecular formula is C11H13Cl2N3O3. The van der Waals surface area contributed by atoms with E-state index in [4.69, 9.17) is 23.2 Å². The van der Waals surface area contributed by atoms with Crippen molar-refractivity contribution in [3.05, 3.63) is 21.9 Å². The van der Waals surface area contributed by atoms with E-state index in [9.17, 15) is 14.7 Å². The lowest BCUT2D eigenvalue weighted by atomic mass is 10.0. The number of amides is 1. The molecule has 1 heterocycles. The summed E-state index contributed by atoms with van der Waals surface area (Å²) in [7, 11) is 0. The number of aliphatic carboxylic acids is 1. The fourth-order valence-electron chi connectivity index (χ4n) is 1.56. The molecule has 1 rings (SSSR count). The van der Waals surface area contributed by atoms with Crippen LogP contribution >= 0.6 is 23.2 Å². The number of carboxylic acid groups (broad SMARTS) is 1. The van der Waals surface area contributed by atoms with Crippen LogP contribution in [0.4, 0.5) is 0 Å². The Morgan fingerprint density at radius 3 is 2.42 bits per heavy atom. The molecule has 0 aliphatic rings. The zero-order chi connectivity index (χ0) is 14.8. The van der Waals surface area contributed by atoms with Crippen molar-refractivity contribution in [3.63, 3.8) is 0 Å². The molecule has 104 valence electrons. The third-order valence-electron chi connectivity index (χ3n) is 2.71. The van der Waals surface area contributed by atoms with Gasteiger partial charge in [0.15, 0.2) is 10.3 Å². The van der Waals surface area contributed by atoms with E-state index in [1.807, 2.05) is 0 Å². The Balaban J connectivity index is 3.23. The van der Waals surface area contributed by atoms with Crippen LogP contribution in [0.3, 0.4) is 0 Å². The maximum Gasteiger partial charge on any atom is 0.329 e. The first-order valence-electron chi connectivity index (χ1n) is 5.45. The van der Waals surface area contributed by atoms with Gasteiger partial charge in [-0.3, -0.25) is 4.79 Å². The molecule has 0 bridgehead atoms. The second kappa shape index (κ2) is 5.71. The average Bonchev–Trinajstić information content (AvgIpc) is 2.32. The van der Waals surface area contributed by atoms with Crippen molar-refractivity contribution in [2.45, 2.75) is 26.3 Å². The standard InChI is InChI=1S/C11H13Cl2N3O3/c1-4-16(11(2,3)10(18)19)9(17)6-5-7(12)14-15-8(6)13/h5H,4H2,1-3H3,(H,18,19). The third kappa shape index (κ3) is 3.13. The van der Waals surface area contributed by atoms with Crippen molar-refractivity contribution in [1.29, 1.82) is 0 Å². The molecule has 0 atom stereocenters. The molecule has 1 aromatic rings. The van der Waals surface area contributed by atoms with E-state index in [-0.39, 0.29) is 22.4 Å². The van der Waals surface area contributed by atoms with E-state index in [1.54, 1.807) is 6.92 Å². The second-order valence-electron chi connectivity index (χ2n) is 4.29. The SMILES string of the molecule is CCN(C(=O)c1cc(Cl)nnc1Cl)C(C)(C)C(=O)O. The Hall–Kier alpha value is -1.40. The van der Waals surface area contributed by atoms with Crippen LogP contribution in [-0.2, 0) is 4.79 Å². The van der Waals surface area contributed by atoms with Gasteiger partial charge in [0, 0.05) is 6.54 Å². The minimum Gasteiger partial charge on any atom is -0.480 e. The number of likely N-dealkylation sites (N-methyl/N-ethyl adjacent to an activating group) is 1. The van der Waals surface area contributed by atoms with E-state index < -0.39 is 17.4 Å². The van der Waals surface area contributed by atoms with Gasteiger partial charge in [-0.05, 0) is 26.8 Å². The molecule has 1 amide bonds. The lowest BCUT2D eigenvalue weighted by molar-refractivity contribution is -0.147. The van der Waals surface area contributed by atoms with Gasteiger partial charge in [-0.25, -0.2) is 4.79 Å². The van der Waals surface area contributed by atoms with Gasteiger partial charge in [-0.15, -0.1) is 10.2 Å². The van der Waals surface area contributed by atoms with Gasteiger partial charge in [0.2, 0.25) is 0 Å². The highest BCUT2D eigenvalue weighted by Gasteiger charge is 2.38. The fourth-order valence-corrected chi connectivity index (χ4v) is 1.88. The highest BCUT2D eigenvalue weighted by atomic mass is 35.5.